The third-order valence-electron chi connectivity index (χ3n) is 3.23. The van der Waals surface area contributed by atoms with Crippen LogP contribution in [0.1, 0.15) is 31.7 Å². The maximum Gasteiger partial charge on any atom is 0.257 e. The second kappa shape index (κ2) is 5.33. The van der Waals surface area contributed by atoms with Crippen LogP contribution < -0.4 is 5.32 Å². The first-order valence-electron chi connectivity index (χ1n) is 6.23. The standard InChI is InChI=1S/C14H19NO2S/c1-10(2)11-4-3-5-12(8-11)15-13(16)14(17)6-7-18-9-14/h3-5,8,10,17H,6-7,9H2,1-2H3,(H,15,16). The second-order valence-electron chi connectivity index (χ2n) is 5.07. The summed E-state index contributed by atoms with van der Waals surface area (Å²) in [6.45, 7) is 4.23. The number of benzene rings is 1. The van der Waals surface area contributed by atoms with Crippen LogP contribution in [-0.4, -0.2) is 28.1 Å². The molecule has 0 bridgehead atoms. The lowest BCUT2D eigenvalue weighted by Crippen LogP contribution is -2.42. The van der Waals surface area contributed by atoms with Crippen molar-refractivity contribution in [1.82, 2.24) is 0 Å². The van der Waals surface area contributed by atoms with E-state index in [1.807, 2.05) is 24.3 Å². The fraction of sp³-hybridized carbons (Fsp3) is 0.500. The van der Waals surface area contributed by atoms with Gasteiger partial charge in [-0.2, -0.15) is 11.8 Å². The predicted octanol–water partition coefficient (Wildman–Crippen LogP) is 2.62. The van der Waals surface area contributed by atoms with Crippen LogP contribution in [0.15, 0.2) is 24.3 Å². The van der Waals surface area contributed by atoms with E-state index in [2.05, 4.69) is 19.2 Å². The van der Waals surface area contributed by atoms with Crippen molar-refractivity contribution in [1.29, 1.82) is 0 Å². The van der Waals surface area contributed by atoms with Gasteiger partial charge in [0.25, 0.3) is 5.91 Å². The minimum atomic E-state index is -1.20. The van der Waals surface area contributed by atoms with Gasteiger partial charge in [-0.25, -0.2) is 0 Å². The van der Waals surface area contributed by atoms with Gasteiger partial charge < -0.3 is 10.4 Å². The van der Waals surface area contributed by atoms with Crippen molar-refractivity contribution in [2.75, 3.05) is 16.8 Å². The van der Waals surface area contributed by atoms with E-state index in [4.69, 9.17) is 0 Å². The molecule has 0 spiro atoms. The fourth-order valence-corrected chi connectivity index (χ4v) is 3.20. The number of aliphatic hydroxyl groups is 1. The molecule has 1 amide bonds. The van der Waals surface area contributed by atoms with Crippen LogP contribution in [0.3, 0.4) is 0 Å². The Morgan fingerprint density at radius 2 is 2.28 bits per heavy atom. The molecule has 0 aliphatic carbocycles. The summed E-state index contributed by atoms with van der Waals surface area (Å²) in [6, 6.07) is 7.79. The number of carbonyl (C=O) groups excluding carboxylic acids is 1. The minimum Gasteiger partial charge on any atom is -0.379 e. The summed E-state index contributed by atoms with van der Waals surface area (Å²) in [7, 11) is 0. The highest BCUT2D eigenvalue weighted by atomic mass is 32.2. The van der Waals surface area contributed by atoms with Gasteiger partial charge in [0.05, 0.1) is 0 Å². The topological polar surface area (TPSA) is 49.3 Å². The number of thioether (sulfide) groups is 1. The van der Waals surface area contributed by atoms with Gasteiger partial charge in [0.15, 0.2) is 5.60 Å². The molecule has 1 aliphatic rings. The van der Waals surface area contributed by atoms with Crippen LogP contribution in [0.5, 0.6) is 0 Å². The van der Waals surface area contributed by atoms with Crippen molar-refractivity contribution in [3.63, 3.8) is 0 Å². The number of nitrogens with one attached hydrogen (secondary N) is 1. The SMILES string of the molecule is CC(C)c1cccc(NC(=O)C2(O)CCSC2)c1. The molecular weight excluding hydrogens is 246 g/mol. The van der Waals surface area contributed by atoms with E-state index in [-0.39, 0.29) is 5.91 Å². The molecule has 1 atom stereocenters. The summed E-state index contributed by atoms with van der Waals surface area (Å²) in [5.74, 6) is 1.47. The van der Waals surface area contributed by atoms with Crippen molar-refractivity contribution >= 4 is 23.4 Å². The zero-order valence-electron chi connectivity index (χ0n) is 10.8. The summed E-state index contributed by atoms with van der Waals surface area (Å²) in [6.07, 6.45) is 0.535. The second-order valence-corrected chi connectivity index (χ2v) is 6.17. The summed E-state index contributed by atoms with van der Waals surface area (Å²) in [4.78, 5) is 12.0. The van der Waals surface area contributed by atoms with Gasteiger partial charge in [-0.05, 0) is 35.8 Å². The Labute approximate surface area is 112 Å². The highest BCUT2D eigenvalue weighted by molar-refractivity contribution is 7.99. The molecule has 1 unspecified atom stereocenters. The van der Waals surface area contributed by atoms with Crippen molar-refractivity contribution < 1.29 is 9.90 Å². The summed E-state index contributed by atoms with van der Waals surface area (Å²) >= 11 is 1.62. The van der Waals surface area contributed by atoms with Crippen molar-refractivity contribution in [3.05, 3.63) is 29.8 Å². The molecule has 1 fully saturated rings. The van der Waals surface area contributed by atoms with Gasteiger partial charge in [-0.1, -0.05) is 26.0 Å². The molecule has 1 heterocycles. The van der Waals surface area contributed by atoms with Gasteiger partial charge in [-0.3, -0.25) is 4.79 Å². The van der Waals surface area contributed by atoms with Gasteiger partial charge in [-0.15, -0.1) is 0 Å². The van der Waals surface area contributed by atoms with Crippen LogP contribution in [0.2, 0.25) is 0 Å². The molecule has 2 N–H and O–H groups in total. The van der Waals surface area contributed by atoms with Crippen molar-refractivity contribution in [2.24, 2.45) is 0 Å². The van der Waals surface area contributed by atoms with E-state index in [0.717, 1.165) is 11.4 Å². The molecule has 98 valence electrons. The molecule has 0 radical (unpaired) electrons. The third-order valence-corrected chi connectivity index (χ3v) is 4.41. The molecule has 3 nitrogen and oxygen atoms in total. The average Bonchev–Trinajstić information content (AvgIpc) is 2.78. The first-order valence-corrected chi connectivity index (χ1v) is 7.38. The van der Waals surface area contributed by atoms with E-state index >= 15 is 0 Å². The first-order chi connectivity index (χ1) is 8.51. The molecule has 1 saturated heterocycles. The number of anilines is 1. The molecule has 18 heavy (non-hydrogen) atoms. The van der Waals surface area contributed by atoms with E-state index in [9.17, 15) is 9.90 Å². The normalized spacial score (nSPS) is 23.3. The molecule has 0 aromatic heterocycles. The van der Waals surface area contributed by atoms with Gasteiger partial charge in [0, 0.05) is 11.4 Å². The Hall–Kier alpha value is -1.00. The number of hydrogen-bond acceptors (Lipinski definition) is 3. The van der Waals surface area contributed by atoms with Gasteiger partial charge in [0.2, 0.25) is 0 Å². The smallest absolute Gasteiger partial charge is 0.257 e. The Bertz CT molecular complexity index is 439. The maximum atomic E-state index is 12.0. The average molecular weight is 265 g/mol. The molecule has 1 aliphatic heterocycles. The van der Waals surface area contributed by atoms with Crippen LogP contribution in [0.25, 0.3) is 0 Å². The zero-order valence-corrected chi connectivity index (χ0v) is 11.6. The molecule has 1 aromatic carbocycles. The minimum absolute atomic E-state index is 0.284. The van der Waals surface area contributed by atoms with Gasteiger partial charge in [0.1, 0.15) is 0 Å². The zero-order chi connectivity index (χ0) is 13.2. The van der Waals surface area contributed by atoms with Gasteiger partial charge >= 0.3 is 0 Å². The lowest BCUT2D eigenvalue weighted by Gasteiger charge is -2.20. The fourth-order valence-electron chi connectivity index (χ4n) is 1.96. The summed E-state index contributed by atoms with van der Waals surface area (Å²) in [5, 5.41) is 13.0. The first kappa shape index (κ1) is 13.4. The lowest BCUT2D eigenvalue weighted by molar-refractivity contribution is -0.131. The summed E-state index contributed by atoms with van der Waals surface area (Å²) in [5.41, 5.74) is 0.746. The van der Waals surface area contributed by atoms with E-state index in [1.54, 1.807) is 11.8 Å². The summed E-state index contributed by atoms with van der Waals surface area (Å²) < 4.78 is 0. The molecule has 1 aromatic rings. The molecule has 4 heteroatoms. The van der Waals surface area contributed by atoms with E-state index in [0.29, 0.717) is 18.1 Å². The molecular formula is C14H19NO2S. The number of hydrogen-bond donors (Lipinski definition) is 2. The molecule has 0 saturated carbocycles. The predicted molar refractivity (Wildman–Crippen MR) is 76.1 cm³/mol. The third kappa shape index (κ3) is 2.87. The Morgan fingerprint density at radius 1 is 1.50 bits per heavy atom. The van der Waals surface area contributed by atoms with Crippen LogP contribution >= 0.6 is 11.8 Å². The highest BCUT2D eigenvalue weighted by Gasteiger charge is 2.39. The highest BCUT2D eigenvalue weighted by Crippen LogP contribution is 2.29. The quantitative estimate of drug-likeness (QED) is 0.883. The number of amides is 1. The van der Waals surface area contributed by atoms with Crippen LogP contribution in [0, 0.1) is 0 Å². The number of carbonyl (C=O) groups is 1. The van der Waals surface area contributed by atoms with Crippen molar-refractivity contribution in [2.45, 2.75) is 31.8 Å². The van der Waals surface area contributed by atoms with Crippen LogP contribution in [0.4, 0.5) is 5.69 Å². The lowest BCUT2D eigenvalue weighted by atomic mass is 10.0. The maximum absolute atomic E-state index is 12.0. The monoisotopic (exact) mass is 265 g/mol. The number of rotatable bonds is 3. The Balaban J connectivity index is 2.09. The Morgan fingerprint density at radius 3 is 2.89 bits per heavy atom. The van der Waals surface area contributed by atoms with Crippen molar-refractivity contribution in [3.8, 4) is 0 Å². The largest absolute Gasteiger partial charge is 0.379 e. The van der Waals surface area contributed by atoms with Crippen LogP contribution in [-0.2, 0) is 4.79 Å². The Kier molecular flexibility index (Phi) is 3.97. The van der Waals surface area contributed by atoms with E-state index < -0.39 is 5.60 Å². The molecule has 2 rings (SSSR count). The van der Waals surface area contributed by atoms with E-state index in [1.165, 1.54) is 5.56 Å².